The minimum absolute atomic E-state index is 0.185. The largest absolute Gasteiger partial charge is 0.399 e. The minimum Gasteiger partial charge on any atom is -0.399 e. The molecule has 0 saturated carbocycles. The lowest BCUT2D eigenvalue weighted by Gasteiger charge is -2.15. The van der Waals surface area contributed by atoms with Gasteiger partial charge in [-0.05, 0) is 43.0 Å². The van der Waals surface area contributed by atoms with Crippen LogP contribution in [0.15, 0.2) is 18.2 Å². The normalized spacial score (nSPS) is 13.1. The van der Waals surface area contributed by atoms with Crippen LogP contribution in [-0.4, -0.2) is 6.10 Å². The van der Waals surface area contributed by atoms with E-state index in [4.69, 9.17) is 10.5 Å². The van der Waals surface area contributed by atoms with Gasteiger partial charge in [0.2, 0.25) is 0 Å². The molecular weight excluding hydrogens is 205 g/mol. The van der Waals surface area contributed by atoms with E-state index in [9.17, 15) is 4.39 Å². The molecule has 0 amide bonds. The summed E-state index contributed by atoms with van der Waals surface area (Å²) in [5.41, 5.74) is 6.78. The third-order valence-corrected chi connectivity index (χ3v) is 2.32. The molecule has 1 unspecified atom stereocenters. The number of anilines is 1. The van der Waals surface area contributed by atoms with Crippen LogP contribution >= 0.6 is 0 Å². The van der Waals surface area contributed by atoms with Crippen molar-refractivity contribution < 1.29 is 9.13 Å². The van der Waals surface area contributed by atoms with Gasteiger partial charge in [-0.3, -0.25) is 0 Å². The Morgan fingerprint density at radius 3 is 2.50 bits per heavy atom. The predicted octanol–water partition coefficient (Wildman–Crippen LogP) is 3.36. The topological polar surface area (TPSA) is 35.2 Å². The van der Waals surface area contributed by atoms with Crippen molar-refractivity contribution in [2.45, 2.75) is 39.9 Å². The molecule has 0 bridgehead atoms. The Labute approximate surface area is 96.6 Å². The highest BCUT2D eigenvalue weighted by Crippen LogP contribution is 2.14. The molecule has 1 atom stereocenters. The highest BCUT2D eigenvalue weighted by molar-refractivity contribution is 5.41. The number of halogens is 1. The van der Waals surface area contributed by atoms with Gasteiger partial charge in [-0.1, -0.05) is 13.8 Å². The van der Waals surface area contributed by atoms with Crippen LogP contribution in [0.1, 0.15) is 32.8 Å². The summed E-state index contributed by atoms with van der Waals surface area (Å²) >= 11 is 0. The first-order chi connectivity index (χ1) is 7.47. The molecule has 1 rings (SSSR count). The highest BCUT2D eigenvalue weighted by Gasteiger charge is 2.06. The summed E-state index contributed by atoms with van der Waals surface area (Å²) in [7, 11) is 0. The second kappa shape index (κ2) is 5.85. The first-order valence-corrected chi connectivity index (χ1v) is 5.64. The fourth-order valence-corrected chi connectivity index (χ4v) is 1.73. The maximum Gasteiger partial charge on any atom is 0.125 e. The van der Waals surface area contributed by atoms with Crippen LogP contribution in [0.5, 0.6) is 0 Å². The molecule has 1 aromatic carbocycles. The van der Waals surface area contributed by atoms with Crippen LogP contribution < -0.4 is 5.73 Å². The van der Waals surface area contributed by atoms with E-state index in [1.807, 2.05) is 6.92 Å². The molecule has 3 heteroatoms. The van der Waals surface area contributed by atoms with Gasteiger partial charge in [0.05, 0.1) is 12.7 Å². The zero-order chi connectivity index (χ0) is 12.1. The number of benzene rings is 1. The summed E-state index contributed by atoms with van der Waals surface area (Å²) in [6.45, 7) is 6.75. The Morgan fingerprint density at radius 2 is 1.94 bits per heavy atom. The summed E-state index contributed by atoms with van der Waals surface area (Å²) in [6.07, 6.45) is 1.19. The number of nitrogens with two attached hydrogens (primary N) is 1. The van der Waals surface area contributed by atoms with Gasteiger partial charge in [-0.2, -0.15) is 0 Å². The van der Waals surface area contributed by atoms with E-state index in [0.717, 1.165) is 12.0 Å². The summed E-state index contributed by atoms with van der Waals surface area (Å²) in [4.78, 5) is 0. The lowest BCUT2D eigenvalue weighted by Crippen LogP contribution is -2.11. The van der Waals surface area contributed by atoms with E-state index in [1.165, 1.54) is 12.1 Å². The third-order valence-electron chi connectivity index (χ3n) is 2.32. The summed E-state index contributed by atoms with van der Waals surface area (Å²) in [5.74, 6) is 0.294. The zero-order valence-electron chi connectivity index (χ0n) is 10.2. The number of ether oxygens (including phenoxy) is 1. The smallest absolute Gasteiger partial charge is 0.125 e. The molecule has 2 nitrogen and oxygen atoms in total. The lowest BCUT2D eigenvalue weighted by atomic mass is 10.1. The fourth-order valence-electron chi connectivity index (χ4n) is 1.73. The van der Waals surface area contributed by atoms with Crippen molar-refractivity contribution in [3.05, 3.63) is 29.6 Å². The van der Waals surface area contributed by atoms with Gasteiger partial charge in [0.1, 0.15) is 5.82 Å². The van der Waals surface area contributed by atoms with E-state index < -0.39 is 0 Å². The van der Waals surface area contributed by atoms with E-state index >= 15 is 0 Å². The van der Waals surface area contributed by atoms with Crippen LogP contribution in [0, 0.1) is 11.7 Å². The molecular formula is C13H20FNO. The van der Waals surface area contributed by atoms with Crippen molar-refractivity contribution in [1.29, 1.82) is 0 Å². The van der Waals surface area contributed by atoms with Gasteiger partial charge in [-0.15, -0.1) is 0 Å². The van der Waals surface area contributed by atoms with Crippen molar-refractivity contribution in [2.24, 2.45) is 5.92 Å². The van der Waals surface area contributed by atoms with E-state index in [0.29, 0.717) is 18.2 Å². The van der Waals surface area contributed by atoms with Crippen molar-refractivity contribution in [3.63, 3.8) is 0 Å². The Morgan fingerprint density at radius 1 is 1.25 bits per heavy atom. The molecule has 16 heavy (non-hydrogen) atoms. The van der Waals surface area contributed by atoms with Crippen LogP contribution in [-0.2, 0) is 11.3 Å². The Bertz CT molecular complexity index is 318. The molecule has 0 saturated heterocycles. The Hall–Kier alpha value is -1.09. The van der Waals surface area contributed by atoms with Gasteiger partial charge in [0.25, 0.3) is 0 Å². The molecule has 0 heterocycles. The number of hydrogen-bond donors (Lipinski definition) is 1. The average Bonchev–Trinajstić information content (AvgIpc) is 2.12. The first kappa shape index (κ1) is 13.0. The predicted molar refractivity (Wildman–Crippen MR) is 64.5 cm³/mol. The molecule has 1 aromatic rings. The Kier molecular flexibility index (Phi) is 4.74. The lowest BCUT2D eigenvalue weighted by molar-refractivity contribution is 0.0396. The first-order valence-electron chi connectivity index (χ1n) is 5.64. The minimum atomic E-state index is -0.310. The molecule has 0 aliphatic heterocycles. The molecule has 0 aromatic heterocycles. The number of hydrogen-bond acceptors (Lipinski definition) is 2. The summed E-state index contributed by atoms with van der Waals surface area (Å²) in [6, 6.07) is 4.50. The fraction of sp³-hybridized carbons (Fsp3) is 0.538. The zero-order valence-corrected chi connectivity index (χ0v) is 10.2. The number of nitrogen functional groups attached to an aromatic ring is 1. The van der Waals surface area contributed by atoms with Gasteiger partial charge in [-0.25, -0.2) is 4.39 Å². The van der Waals surface area contributed by atoms with Crippen molar-refractivity contribution in [1.82, 2.24) is 0 Å². The maximum absolute atomic E-state index is 13.0. The maximum atomic E-state index is 13.0. The van der Waals surface area contributed by atoms with Gasteiger partial charge >= 0.3 is 0 Å². The summed E-state index contributed by atoms with van der Waals surface area (Å²) in [5, 5.41) is 0. The van der Waals surface area contributed by atoms with Crippen molar-refractivity contribution >= 4 is 5.69 Å². The van der Waals surface area contributed by atoms with Gasteiger partial charge < -0.3 is 10.5 Å². The summed E-state index contributed by atoms with van der Waals surface area (Å²) < 4.78 is 18.7. The molecule has 90 valence electrons. The highest BCUT2D eigenvalue weighted by atomic mass is 19.1. The van der Waals surface area contributed by atoms with Crippen LogP contribution in [0.25, 0.3) is 0 Å². The van der Waals surface area contributed by atoms with Gasteiger partial charge in [0, 0.05) is 5.69 Å². The molecule has 0 radical (unpaired) electrons. The molecule has 0 aliphatic rings. The van der Waals surface area contributed by atoms with E-state index in [2.05, 4.69) is 13.8 Å². The molecule has 0 aliphatic carbocycles. The average molecular weight is 225 g/mol. The second-order valence-electron chi connectivity index (χ2n) is 4.64. The van der Waals surface area contributed by atoms with Crippen molar-refractivity contribution in [2.75, 3.05) is 5.73 Å². The number of rotatable bonds is 5. The molecule has 0 fully saturated rings. The third kappa shape index (κ3) is 4.62. The SMILES string of the molecule is CC(C)CC(C)OCc1cc(N)cc(F)c1. The van der Waals surface area contributed by atoms with Crippen LogP contribution in [0.2, 0.25) is 0 Å². The van der Waals surface area contributed by atoms with E-state index in [1.54, 1.807) is 6.07 Å². The molecule has 2 N–H and O–H groups in total. The van der Waals surface area contributed by atoms with E-state index in [-0.39, 0.29) is 11.9 Å². The van der Waals surface area contributed by atoms with Crippen LogP contribution in [0.4, 0.5) is 10.1 Å². The molecule has 0 spiro atoms. The monoisotopic (exact) mass is 225 g/mol. The standard InChI is InChI=1S/C13H20FNO/c1-9(2)4-10(3)16-8-11-5-12(14)7-13(15)6-11/h5-7,9-10H,4,8,15H2,1-3H3. The van der Waals surface area contributed by atoms with Crippen molar-refractivity contribution in [3.8, 4) is 0 Å². The van der Waals surface area contributed by atoms with Crippen LogP contribution in [0.3, 0.4) is 0 Å². The second-order valence-corrected chi connectivity index (χ2v) is 4.64. The quantitative estimate of drug-likeness (QED) is 0.780. The Balaban J connectivity index is 2.48. The van der Waals surface area contributed by atoms with Gasteiger partial charge in [0.15, 0.2) is 0 Å².